The summed E-state index contributed by atoms with van der Waals surface area (Å²) in [7, 11) is 0. The molecule has 0 radical (unpaired) electrons. The van der Waals surface area contributed by atoms with Gasteiger partial charge in [0.2, 0.25) is 0 Å². The molecule has 1 aliphatic rings. The van der Waals surface area contributed by atoms with E-state index in [9.17, 15) is 17.6 Å². The van der Waals surface area contributed by atoms with Crippen LogP contribution in [0.25, 0.3) is 0 Å². The van der Waals surface area contributed by atoms with Gasteiger partial charge in [-0.25, -0.2) is 18.8 Å². The van der Waals surface area contributed by atoms with Crippen molar-refractivity contribution in [3.8, 4) is 0 Å². The van der Waals surface area contributed by atoms with Crippen LogP contribution in [0, 0.1) is 11.6 Å². The number of hydrogen-bond donors (Lipinski definition) is 1. The number of alkyl halides is 2. The van der Waals surface area contributed by atoms with Crippen LogP contribution in [-0.4, -0.2) is 53.1 Å². The van der Waals surface area contributed by atoms with E-state index < -0.39 is 18.2 Å². The standard InChI is InChI=1S/C18H22F4N6/c1-2-23-18(25-12-16-24-5-6-28(16)17(21)22)27-9-7-26(8-10-27)15-11-13(19)3-4-14(15)20/h3-6,11,17H,2,7-10,12H2,1H3,(H,23,25). The van der Waals surface area contributed by atoms with Crippen LogP contribution in [0.2, 0.25) is 0 Å². The van der Waals surface area contributed by atoms with Gasteiger partial charge in [0.1, 0.15) is 24.0 Å². The summed E-state index contributed by atoms with van der Waals surface area (Å²) in [6.07, 6.45) is 2.53. The lowest BCUT2D eigenvalue weighted by atomic mass is 10.2. The van der Waals surface area contributed by atoms with Crippen molar-refractivity contribution >= 4 is 11.6 Å². The summed E-state index contributed by atoms with van der Waals surface area (Å²) in [5.41, 5.74) is 0.237. The Labute approximate surface area is 160 Å². The van der Waals surface area contributed by atoms with Crippen LogP contribution in [0.5, 0.6) is 0 Å². The minimum absolute atomic E-state index is 0.0123. The monoisotopic (exact) mass is 398 g/mol. The predicted octanol–water partition coefficient (Wildman–Crippen LogP) is 2.84. The Balaban J connectivity index is 1.67. The van der Waals surface area contributed by atoms with E-state index in [-0.39, 0.29) is 18.1 Å². The van der Waals surface area contributed by atoms with E-state index in [1.165, 1.54) is 18.5 Å². The van der Waals surface area contributed by atoms with Crippen LogP contribution >= 0.6 is 0 Å². The second-order valence-corrected chi connectivity index (χ2v) is 6.27. The van der Waals surface area contributed by atoms with E-state index in [0.717, 1.165) is 16.7 Å². The lowest BCUT2D eigenvalue weighted by Gasteiger charge is -2.37. The molecule has 0 bridgehead atoms. The highest BCUT2D eigenvalue weighted by Crippen LogP contribution is 2.22. The molecule has 0 saturated carbocycles. The maximum Gasteiger partial charge on any atom is 0.319 e. The second-order valence-electron chi connectivity index (χ2n) is 6.27. The zero-order valence-electron chi connectivity index (χ0n) is 15.5. The van der Waals surface area contributed by atoms with Gasteiger partial charge in [-0.15, -0.1) is 0 Å². The largest absolute Gasteiger partial charge is 0.366 e. The summed E-state index contributed by atoms with van der Waals surface area (Å²) in [5, 5.41) is 3.14. The third-order valence-electron chi connectivity index (χ3n) is 4.49. The maximum absolute atomic E-state index is 14.0. The van der Waals surface area contributed by atoms with Crippen LogP contribution in [-0.2, 0) is 6.54 Å². The van der Waals surface area contributed by atoms with Crippen LogP contribution in [0.1, 0.15) is 19.3 Å². The zero-order chi connectivity index (χ0) is 20.1. The molecule has 1 aromatic heterocycles. The highest BCUT2D eigenvalue weighted by atomic mass is 19.3. The molecule has 3 rings (SSSR count). The third-order valence-corrected chi connectivity index (χ3v) is 4.49. The van der Waals surface area contributed by atoms with E-state index in [2.05, 4.69) is 15.3 Å². The van der Waals surface area contributed by atoms with Crippen molar-refractivity contribution in [2.45, 2.75) is 20.0 Å². The Hall–Kier alpha value is -2.78. The molecule has 2 heterocycles. The number of nitrogens with zero attached hydrogens (tertiary/aromatic N) is 5. The number of guanidine groups is 1. The highest BCUT2D eigenvalue weighted by molar-refractivity contribution is 5.80. The highest BCUT2D eigenvalue weighted by Gasteiger charge is 2.22. The van der Waals surface area contributed by atoms with Crippen molar-refractivity contribution in [1.82, 2.24) is 19.8 Å². The number of benzene rings is 1. The van der Waals surface area contributed by atoms with Crippen LogP contribution in [0.3, 0.4) is 0 Å². The Morgan fingerprint density at radius 3 is 2.64 bits per heavy atom. The molecule has 0 amide bonds. The number of anilines is 1. The molecule has 2 aromatic rings. The molecular formula is C18H22F4N6. The SMILES string of the molecule is CCNC(=NCc1nccn1C(F)F)N1CCN(c2cc(F)ccc2F)CC1. The molecular weight excluding hydrogens is 376 g/mol. The van der Waals surface area contributed by atoms with E-state index in [1.54, 1.807) is 4.90 Å². The molecule has 0 atom stereocenters. The van der Waals surface area contributed by atoms with Gasteiger partial charge in [0.25, 0.3) is 0 Å². The fourth-order valence-electron chi connectivity index (χ4n) is 3.10. The van der Waals surface area contributed by atoms with E-state index in [0.29, 0.717) is 38.7 Å². The van der Waals surface area contributed by atoms with Gasteiger partial charge in [-0.1, -0.05) is 0 Å². The fraction of sp³-hybridized carbons (Fsp3) is 0.444. The number of hydrogen-bond acceptors (Lipinski definition) is 3. The van der Waals surface area contributed by atoms with Gasteiger partial charge in [-0.3, -0.25) is 4.57 Å². The zero-order valence-corrected chi connectivity index (χ0v) is 15.5. The van der Waals surface area contributed by atoms with Crippen molar-refractivity contribution in [1.29, 1.82) is 0 Å². The first-order chi connectivity index (χ1) is 13.5. The first-order valence-corrected chi connectivity index (χ1v) is 9.02. The first-order valence-electron chi connectivity index (χ1n) is 9.02. The van der Waals surface area contributed by atoms with Crippen LogP contribution < -0.4 is 10.2 Å². The molecule has 0 unspecified atom stereocenters. The molecule has 152 valence electrons. The Morgan fingerprint density at radius 1 is 1.21 bits per heavy atom. The lowest BCUT2D eigenvalue weighted by Crippen LogP contribution is -2.52. The molecule has 6 nitrogen and oxygen atoms in total. The molecule has 1 aromatic carbocycles. The van der Waals surface area contributed by atoms with Crippen LogP contribution in [0.4, 0.5) is 23.2 Å². The Morgan fingerprint density at radius 2 is 1.96 bits per heavy atom. The molecule has 28 heavy (non-hydrogen) atoms. The quantitative estimate of drug-likeness (QED) is 0.478. The van der Waals surface area contributed by atoms with Gasteiger partial charge in [0, 0.05) is 51.2 Å². The number of nitrogens with one attached hydrogen (secondary N) is 1. The topological polar surface area (TPSA) is 48.7 Å². The number of aromatic nitrogens is 2. The lowest BCUT2D eigenvalue weighted by molar-refractivity contribution is 0.0671. The molecule has 1 saturated heterocycles. The molecule has 1 fully saturated rings. The number of aliphatic imine (C=N–C) groups is 1. The number of rotatable bonds is 5. The van der Waals surface area contributed by atoms with Crippen LogP contribution in [0.15, 0.2) is 35.6 Å². The summed E-state index contributed by atoms with van der Waals surface area (Å²) >= 11 is 0. The minimum Gasteiger partial charge on any atom is -0.366 e. The average Bonchev–Trinajstić information content (AvgIpc) is 3.16. The first kappa shape index (κ1) is 20.0. The van der Waals surface area contributed by atoms with E-state index >= 15 is 0 Å². The summed E-state index contributed by atoms with van der Waals surface area (Å²) in [6, 6.07) is 3.40. The van der Waals surface area contributed by atoms with Gasteiger partial charge in [0.05, 0.1) is 5.69 Å². The van der Waals surface area contributed by atoms with Crippen molar-refractivity contribution in [3.05, 3.63) is 48.1 Å². The molecule has 1 N–H and O–H groups in total. The average molecular weight is 398 g/mol. The number of piperazine rings is 1. The van der Waals surface area contributed by atoms with E-state index in [4.69, 9.17) is 0 Å². The van der Waals surface area contributed by atoms with E-state index in [1.807, 2.05) is 11.8 Å². The van der Waals surface area contributed by atoms with Crippen molar-refractivity contribution < 1.29 is 17.6 Å². The van der Waals surface area contributed by atoms with Gasteiger partial charge in [-0.05, 0) is 19.1 Å². The summed E-state index contributed by atoms with van der Waals surface area (Å²) < 4.78 is 54.1. The van der Waals surface area contributed by atoms with Gasteiger partial charge < -0.3 is 15.1 Å². The predicted molar refractivity (Wildman–Crippen MR) is 98.4 cm³/mol. The number of halogens is 4. The third kappa shape index (κ3) is 4.55. The molecule has 1 aliphatic heterocycles. The van der Waals surface area contributed by atoms with Gasteiger partial charge in [0.15, 0.2) is 5.96 Å². The molecule has 0 spiro atoms. The second kappa shape index (κ2) is 8.94. The summed E-state index contributed by atoms with van der Waals surface area (Å²) in [4.78, 5) is 12.1. The van der Waals surface area contributed by atoms with Gasteiger partial charge >= 0.3 is 6.55 Å². The summed E-state index contributed by atoms with van der Waals surface area (Å²) in [5.74, 6) is -0.200. The molecule has 0 aliphatic carbocycles. The molecule has 10 heteroatoms. The summed E-state index contributed by atoms with van der Waals surface area (Å²) in [6.45, 7) is 1.90. The fourth-order valence-corrected chi connectivity index (χ4v) is 3.10. The van der Waals surface area contributed by atoms with Crippen molar-refractivity contribution in [3.63, 3.8) is 0 Å². The minimum atomic E-state index is -2.67. The normalized spacial score (nSPS) is 15.4. The number of imidazole rings is 1. The Bertz CT molecular complexity index is 814. The Kier molecular flexibility index (Phi) is 6.37. The van der Waals surface area contributed by atoms with Gasteiger partial charge in [-0.2, -0.15) is 8.78 Å². The smallest absolute Gasteiger partial charge is 0.319 e. The van der Waals surface area contributed by atoms with Crippen molar-refractivity contribution in [2.75, 3.05) is 37.6 Å². The van der Waals surface area contributed by atoms with Crippen molar-refractivity contribution in [2.24, 2.45) is 4.99 Å². The maximum atomic E-state index is 14.0.